The molecule has 0 saturated heterocycles. The van der Waals surface area contributed by atoms with Crippen molar-refractivity contribution in [2.75, 3.05) is 41.1 Å². The molecule has 1 heterocycles. The Morgan fingerprint density at radius 3 is 2.23 bits per heavy atom. The molecule has 2 aromatic rings. The Labute approximate surface area is 182 Å². The summed E-state index contributed by atoms with van der Waals surface area (Å²) in [5.41, 5.74) is 1.46. The van der Waals surface area contributed by atoms with Crippen LogP contribution in [0.3, 0.4) is 0 Å². The molecule has 31 heavy (non-hydrogen) atoms. The maximum atomic E-state index is 13.1. The second-order valence-corrected chi connectivity index (χ2v) is 7.94. The van der Waals surface area contributed by atoms with Gasteiger partial charge in [-0.2, -0.15) is 0 Å². The van der Waals surface area contributed by atoms with Gasteiger partial charge in [-0.15, -0.1) is 0 Å². The summed E-state index contributed by atoms with van der Waals surface area (Å²) >= 11 is 0. The molecule has 166 valence electrons. The van der Waals surface area contributed by atoms with Crippen LogP contribution in [0.2, 0.25) is 0 Å². The Balaban J connectivity index is 1.57. The number of fused-ring (bicyclic) bond motifs is 1. The van der Waals surface area contributed by atoms with Crippen LogP contribution in [-0.4, -0.2) is 47.0 Å². The van der Waals surface area contributed by atoms with Crippen molar-refractivity contribution < 1.29 is 28.5 Å². The van der Waals surface area contributed by atoms with Crippen molar-refractivity contribution >= 4 is 5.91 Å². The van der Waals surface area contributed by atoms with Crippen LogP contribution in [0.25, 0.3) is 0 Å². The van der Waals surface area contributed by atoms with Crippen LogP contribution in [0, 0.1) is 0 Å². The van der Waals surface area contributed by atoms with E-state index in [4.69, 9.17) is 23.7 Å². The maximum Gasteiger partial charge on any atom is 0.255 e. The first-order valence-electron chi connectivity index (χ1n) is 10.6. The first kappa shape index (κ1) is 21.2. The van der Waals surface area contributed by atoms with E-state index in [0.29, 0.717) is 42.6 Å². The number of hydrogen-bond donors (Lipinski definition) is 1. The van der Waals surface area contributed by atoms with Crippen molar-refractivity contribution in [1.29, 1.82) is 0 Å². The summed E-state index contributed by atoms with van der Waals surface area (Å²) in [7, 11) is 4.63. The summed E-state index contributed by atoms with van der Waals surface area (Å²) in [6, 6.07) is 9.46. The number of ether oxygens (including phenoxy) is 5. The first-order valence-corrected chi connectivity index (χ1v) is 10.6. The molecule has 1 saturated carbocycles. The van der Waals surface area contributed by atoms with Crippen LogP contribution in [-0.2, 0) is 5.41 Å². The predicted octanol–water partition coefficient (Wildman–Crippen LogP) is 3.73. The number of rotatable bonds is 7. The molecule has 0 aromatic heterocycles. The van der Waals surface area contributed by atoms with E-state index in [0.717, 1.165) is 37.2 Å². The largest absolute Gasteiger partial charge is 0.496 e. The van der Waals surface area contributed by atoms with E-state index in [1.807, 2.05) is 6.07 Å². The summed E-state index contributed by atoms with van der Waals surface area (Å²) < 4.78 is 27.6. The zero-order valence-corrected chi connectivity index (χ0v) is 18.3. The molecule has 0 bridgehead atoms. The lowest BCUT2D eigenvalue weighted by Crippen LogP contribution is -2.39. The molecule has 0 spiro atoms. The summed E-state index contributed by atoms with van der Waals surface area (Å²) in [5.74, 6) is 2.79. The number of amides is 1. The van der Waals surface area contributed by atoms with E-state index in [1.54, 1.807) is 26.4 Å². The molecule has 7 nitrogen and oxygen atoms in total. The van der Waals surface area contributed by atoms with Crippen LogP contribution in [0.1, 0.15) is 41.6 Å². The zero-order valence-electron chi connectivity index (χ0n) is 18.3. The SMILES string of the molecule is COc1cc(OC)c(C(=O)NCC2(c3ccc4c(c3)OCCO4)CCCC2)cc1OC. The Morgan fingerprint density at radius 1 is 0.903 bits per heavy atom. The average molecular weight is 427 g/mol. The quantitative estimate of drug-likeness (QED) is 0.726. The third-order valence-corrected chi connectivity index (χ3v) is 6.25. The van der Waals surface area contributed by atoms with Gasteiger partial charge in [-0.3, -0.25) is 4.79 Å². The van der Waals surface area contributed by atoms with Gasteiger partial charge in [-0.1, -0.05) is 18.9 Å². The second-order valence-electron chi connectivity index (χ2n) is 7.94. The van der Waals surface area contributed by atoms with Crippen LogP contribution in [0.15, 0.2) is 30.3 Å². The van der Waals surface area contributed by atoms with Crippen molar-refractivity contribution in [3.63, 3.8) is 0 Å². The average Bonchev–Trinajstić information content (AvgIpc) is 3.31. The first-order chi connectivity index (χ1) is 15.1. The Morgan fingerprint density at radius 2 is 1.55 bits per heavy atom. The molecular weight excluding hydrogens is 398 g/mol. The van der Waals surface area contributed by atoms with E-state index in [2.05, 4.69) is 17.4 Å². The second kappa shape index (κ2) is 8.96. The fourth-order valence-corrected chi connectivity index (χ4v) is 4.54. The van der Waals surface area contributed by atoms with E-state index in [-0.39, 0.29) is 11.3 Å². The normalized spacial score (nSPS) is 16.5. The van der Waals surface area contributed by atoms with E-state index >= 15 is 0 Å². The third-order valence-electron chi connectivity index (χ3n) is 6.25. The van der Waals surface area contributed by atoms with E-state index < -0.39 is 0 Å². The van der Waals surface area contributed by atoms with Gasteiger partial charge in [0.1, 0.15) is 19.0 Å². The number of carbonyl (C=O) groups excluding carboxylic acids is 1. The lowest BCUT2D eigenvalue weighted by Gasteiger charge is -2.31. The van der Waals surface area contributed by atoms with Crippen LogP contribution < -0.4 is 29.0 Å². The minimum Gasteiger partial charge on any atom is -0.496 e. The highest BCUT2D eigenvalue weighted by atomic mass is 16.6. The van der Waals surface area contributed by atoms with Gasteiger partial charge in [0, 0.05) is 24.1 Å². The van der Waals surface area contributed by atoms with Crippen molar-refractivity contribution in [2.45, 2.75) is 31.1 Å². The zero-order chi connectivity index (χ0) is 21.8. The smallest absolute Gasteiger partial charge is 0.255 e. The van der Waals surface area contributed by atoms with Gasteiger partial charge < -0.3 is 29.0 Å². The van der Waals surface area contributed by atoms with Crippen LogP contribution in [0.5, 0.6) is 28.7 Å². The fraction of sp³-hybridized carbons (Fsp3) is 0.458. The molecule has 0 unspecified atom stereocenters. The number of nitrogens with one attached hydrogen (secondary N) is 1. The molecule has 4 rings (SSSR count). The van der Waals surface area contributed by atoms with Crippen LogP contribution in [0.4, 0.5) is 0 Å². The molecule has 1 fully saturated rings. The monoisotopic (exact) mass is 427 g/mol. The number of methoxy groups -OCH3 is 3. The molecule has 0 radical (unpaired) electrons. The van der Waals surface area contributed by atoms with E-state index in [1.165, 1.54) is 12.7 Å². The summed E-state index contributed by atoms with van der Waals surface area (Å²) in [6.45, 7) is 1.66. The molecule has 1 amide bonds. The van der Waals surface area contributed by atoms with Gasteiger partial charge in [0.05, 0.1) is 26.9 Å². The fourth-order valence-electron chi connectivity index (χ4n) is 4.54. The van der Waals surface area contributed by atoms with Crippen molar-refractivity contribution in [3.8, 4) is 28.7 Å². The van der Waals surface area contributed by atoms with Gasteiger partial charge >= 0.3 is 0 Å². The highest BCUT2D eigenvalue weighted by Gasteiger charge is 2.37. The van der Waals surface area contributed by atoms with Crippen LogP contribution >= 0.6 is 0 Å². The maximum absolute atomic E-state index is 13.1. The van der Waals surface area contributed by atoms with Crippen molar-refractivity contribution in [2.24, 2.45) is 0 Å². The van der Waals surface area contributed by atoms with Crippen molar-refractivity contribution in [3.05, 3.63) is 41.5 Å². The summed E-state index contributed by atoms with van der Waals surface area (Å²) in [5, 5.41) is 3.14. The summed E-state index contributed by atoms with van der Waals surface area (Å²) in [6.07, 6.45) is 4.28. The van der Waals surface area contributed by atoms with E-state index in [9.17, 15) is 4.79 Å². The Bertz CT molecular complexity index is 951. The van der Waals surface area contributed by atoms with Gasteiger partial charge in [-0.05, 0) is 30.5 Å². The lowest BCUT2D eigenvalue weighted by atomic mass is 9.78. The minimum atomic E-state index is -0.207. The molecule has 1 aliphatic carbocycles. The van der Waals surface area contributed by atoms with Gasteiger partial charge in [-0.25, -0.2) is 0 Å². The topological polar surface area (TPSA) is 75.3 Å². The number of carbonyl (C=O) groups is 1. The highest BCUT2D eigenvalue weighted by Crippen LogP contribution is 2.44. The molecule has 1 aliphatic heterocycles. The molecule has 0 atom stereocenters. The lowest BCUT2D eigenvalue weighted by molar-refractivity contribution is 0.0939. The minimum absolute atomic E-state index is 0.130. The van der Waals surface area contributed by atoms with Crippen molar-refractivity contribution in [1.82, 2.24) is 5.32 Å². The molecule has 2 aliphatic rings. The highest BCUT2D eigenvalue weighted by molar-refractivity contribution is 5.97. The number of hydrogen-bond acceptors (Lipinski definition) is 6. The number of benzene rings is 2. The molecule has 2 aromatic carbocycles. The molecule has 7 heteroatoms. The van der Waals surface area contributed by atoms with Gasteiger partial charge in [0.2, 0.25) is 0 Å². The molecule has 1 N–H and O–H groups in total. The van der Waals surface area contributed by atoms with Gasteiger partial charge in [0.25, 0.3) is 5.91 Å². The Kier molecular flexibility index (Phi) is 6.11. The summed E-state index contributed by atoms with van der Waals surface area (Å²) in [4.78, 5) is 13.1. The standard InChI is InChI=1S/C24H29NO6/c1-27-19-14-21(29-3)20(28-2)13-17(19)23(26)25-15-24(8-4-5-9-24)16-6-7-18-22(12-16)31-11-10-30-18/h6-7,12-14H,4-5,8-11,15H2,1-3H3,(H,25,26). The molecular formula is C24H29NO6. The van der Waals surface area contributed by atoms with Gasteiger partial charge in [0.15, 0.2) is 23.0 Å². The third kappa shape index (κ3) is 4.09. The Hall–Kier alpha value is -3.09. The predicted molar refractivity (Wildman–Crippen MR) is 116 cm³/mol.